The van der Waals surface area contributed by atoms with E-state index in [4.69, 9.17) is 5.73 Å². The van der Waals surface area contributed by atoms with E-state index in [0.29, 0.717) is 13.1 Å². The van der Waals surface area contributed by atoms with Gasteiger partial charge in [0.05, 0.1) is 5.60 Å². The van der Waals surface area contributed by atoms with Crippen molar-refractivity contribution in [3.05, 3.63) is 35.6 Å². The zero-order valence-corrected chi connectivity index (χ0v) is 10.8. The molecule has 2 rings (SSSR count). The molecule has 1 aliphatic heterocycles. The Morgan fingerprint density at radius 1 is 1.56 bits per heavy atom. The lowest BCUT2D eigenvalue weighted by molar-refractivity contribution is -0.0293. The second kappa shape index (κ2) is 5.34. The maximum absolute atomic E-state index is 13.3. The van der Waals surface area contributed by atoms with E-state index in [-0.39, 0.29) is 11.9 Å². The van der Waals surface area contributed by atoms with Crippen molar-refractivity contribution >= 4 is 0 Å². The highest BCUT2D eigenvalue weighted by atomic mass is 19.1. The average molecular weight is 252 g/mol. The normalized spacial score (nSPS) is 27.1. The summed E-state index contributed by atoms with van der Waals surface area (Å²) in [5, 5.41) is 10.1. The number of likely N-dealkylation sites (tertiary alicyclic amines) is 1. The molecule has 0 amide bonds. The first kappa shape index (κ1) is 13.5. The van der Waals surface area contributed by atoms with E-state index in [1.54, 1.807) is 6.07 Å². The molecule has 4 heteroatoms. The highest BCUT2D eigenvalue weighted by molar-refractivity contribution is 5.21. The monoisotopic (exact) mass is 252 g/mol. The standard InChI is InChI=1S/C14H21FN2O/c1-14(18)6-3-7-17(10-14)13(9-16)11-4-2-5-12(15)8-11/h2,4-5,8,13,18H,3,6-7,9-10,16H2,1H3. The van der Waals surface area contributed by atoms with Gasteiger partial charge < -0.3 is 10.8 Å². The summed E-state index contributed by atoms with van der Waals surface area (Å²) >= 11 is 0. The number of rotatable bonds is 3. The van der Waals surface area contributed by atoms with Gasteiger partial charge in [0.2, 0.25) is 0 Å². The first-order chi connectivity index (χ1) is 8.52. The summed E-state index contributed by atoms with van der Waals surface area (Å²) in [6.07, 6.45) is 1.75. The molecule has 1 fully saturated rings. The van der Waals surface area contributed by atoms with Crippen molar-refractivity contribution in [2.45, 2.75) is 31.4 Å². The molecule has 100 valence electrons. The van der Waals surface area contributed by atoms with Crippen LogP contribution >= 0.6 is 0 Å². The minimum absolute atomic E-state index is 0.0209. The third kappa shape index (κ3) is 3.07. The molecule has 1 aromatic carbocycles. The van der Waals surface area contributed by atoms with Gasteiger partial charge in [-0.2, -0.15) is 0 Å². The topological polar surface area (TPSA) is 49.5 Å². The molecule has 0 saturated carbocycles. The molecule has 3 N–H and O–H groups in total. The third-order valence-corrected chi connectivity index (χ3v) is 3.60. The fourth-order valence-electron chi connectivity index (χ4n) is 2.73. The summed E-state index contributed by atoms with van der Waals surface area (Å²) in [5.74, 6) is -0.241. The van der Waals surface area contributed by atoms with Crippen LogP contribution in [0.3, 0.4) is 0 Å². The Hall–Kier alpha value is -0.970. The Labute approximate surface area is 107 Å². The Balaban J connectivity index is 2.18. The molecule has 2 unspecified atom stereocenters. The lowest BCUT2D eigenvalue weighted by Gasteiger charge is -2.41. The molecule has 3 nitrogen and oxygen atoms in total. The van der Waals surface area contributed by atoms with E-state index in [1.807, 2.05) is 13.0 Å². The van der Waals surface area contributed by atoms with Crippen LogP contribution < -0.4 is 5.73 Å². The molecule has 18 heavy (non-hydrogen) atoms. The van der Waals surface area contributed by atoms with Crippen molar-refractivity contribution in [2.24, 2.45) is 5.73 Å². The van der Waals surface area contributed by atoms with Crippen LogP contribution in [0.5, 0.6) is 0 Å². The minimum Gasteiger partial charge on any atom is -0.389 e. The maximum Gasteiger partial charge on any atom is 0.123 e. The average Bonchev–Trinajstić information content (AvgIpc) is 2.29. The zero-order valence-electron chi connectivity index (χ0n) is 10.8. The van der Waals surface area contributed by atoms with Crippen LogP contribution in [0.1, 0.15) is 31.4 Å². The second-order valence-corrected chi connectivity index (χ2v) is 5.38. The summed E-state index contributed by atoms with van der Waals surface area (Å²) in [7, 11) is 0. The predicted molar refractivity (Wildman–Crippen MR) is 69.6 cm³/mol. The Morgan fingerprint density at radius 3 is 2.94 bits per heavy atom. The van der Waals surface area contributed by atoms with Crippen molar-refractivity contribution in [1.29, 1.82) is 0 Å². The first-order valence-electron chi connectivity index (χ1n) is 6.44. The largest absolute Gasteiger partial charge is 0.389 e. The maximum atomic E-state index is 13.3. The van der Waals surface area contributed by atoms with Crippen LogP contribution in [-0.4, -0.2) is 35.2 Å². The lowest BCUT2D eigenvalue weighted by atomic mass is 9.92. The van der Waals surface area contributed by atoms with Crippen molar-refractivity contribution in [3.8, 4) is 0 Å². The van der Waals surface area contributed by atoms with Crippen LogP contribution in [0.2, 0.25) is 0 Å². The molecule has 0 radical (unpaired) electrons. The van der Waals surface area contributed by atoms with Crippen molar-refractivity contribution in [2.75, 3.05) is 19.6 Å². The van der Waals surface area contributed by atoms with Crippen molar-refractivity contribution in [3.63, 3.8) is 0 Å². The summed E-state index contributed by atoms with van der Waals surface area (Å²) in [4.78, 5) is 2.15. The van der Waals surface area contributed by atoms with Crippen LogP contribution in [0, 0.1) is 5.82 Å². The zero-order chi connectivity index (χ0) is 13.2. The number of β-amino-alcohol motifs (C(OH)–C–C–N with tert-alkyl or cyclic N) is 1. The number of piperidine rings is 1. The molecule has 0 spiro atoms. The van der Waals surface area contributed by atoms with E-state index in [1.165, 1.54) is 12.1 Å². The first-order valence-corrected chi connectivity index (χ1v) is 6.44. The smallest absolute Gasteiger partial charge is 0.123 e. The molecule has 1 aliphatic rings. The van der Waals surface area contributed by atoms with Crippen LogP contribution in [0.15, 0.2) is 24.3 Å². The SMILES string of the molecule is CC1(O)CCCN(C(CN)c2cccc(F)c2)C1. The van der Waals surface area contributed by atoms with Crippen LogP contribution in [0.25, 0.3) is 0 Å². The van der Waals surface area contributed by atoms with Gasteiger partial charge in [-0.05, 0) is 44.0 Å². The van der Waals surface area contributed by atoms with Gasteiger partial charge in [-0.3, -0.25) is 4.90 Å². The molecule has 1 saturated heterocycles. The van der Waals surface area contributed by atoms with Gasteiger partial charge in [0.25, 0.3) is 0 Å². The Morgan fingerprint density at radius 2 is 2.33 bits per heavy atom. The molecule has 2 atom stereocenters. The van der Waals surface area contributed by atoms with E-state index in [9.17, 15) is 9.50 Å². The molecule has 0 aliphatic carbocycles. The highest BCUT2D eigenvalue weighted by Crippen LogP contribution is 2.28. The summed E-state index contributed by atoms with van der Waals surface area (Å²) in [6.45, 7) is 3.76. The number of hydrogen-bond donors (Lipinski definition) is 2. The summed E-state index contributed by atoms with van der Waals surface area (Å²) in [6, 6.07) is 6.54. The molecular formula is C14H21FN2O. The number of nitrogens with zero attached hydrogens (tertiary/aromatic N) is 1. The van der Waals surface area contributed by atoms with E-state index >= 15 is 0 Å². The van der Waals surface area contributed by atoms with E-state index in [0.717, 1.165) is 24.9 Å². The number of hydrogen-bond acceptors (Lipinski definition) is 3. The van der Waals surface area contributed by atoms with E-state index in [2.05, 4.69) is 4.90 Å². The van der Waals surface area contributed by atoms with Gasteiger partial charge in [0, 0.05) is 19.1 Å². The number of nitrogens with two attached hydrogens (primary N) is 1. The van der Waals surface area contributed by atoms with Gasteiger partial charge in [-0.25, -0.2) is 4.39 Å². The number of aliphatic hydroxyl groups is 1. The quantitative estimate of drug-likeness (QED) is 0.860. The van der Waals surface area contributed by atoms with Gasteiger partial charge in [0.15, 0.2) is 0 Å². The van der Waals surface area contributed by atoms with Crippen molar-refractivity contribution < 1.29 is 9.50 Å². The highest BCUT2D eigenvalue weighted by Gasteiger charge is 2.32. The fourth-order valence-corrected chi connectivity index (χ4v) is 2.73. The van der Waals surface area contributed by atoms with Gasteiger partial charge in [-0.15, -0.1) is 0 Å². The van der Waals surface area contributed by atoms with Crippen molar-refractivity contribution in [1.82, 2.24) is 4.90 Å². The minimum atomic E-state index is -0.668. The summed E-state index contributed by atoms with van der Waals surface area (Å²) < 4.78 is 13.3. The predicted octanol–water partition coefficient (Wildman–Crippen LogP) is 1.67. The molecular weight excluding hydrogens is 231 g/mol. The third-order valence-electron chi connectivity index (χ3n) is 3.60. The fraction of sp³-hybridized carbons (Fsp3) is 0.571. The van der Waals surface area contributed by atoms with Crippen LogP contribution in [0.4, 0.5) is 4.39 Å². The number of halogens is 1. The lowest BCUT2D eigenvalue weighted by Crippen LogP contribution is -2.48. The molecule has 0 bridgehead atoms. The molecule has 0 aromatic heterocycles. The molecule has 1 aromatic rings. The van der Waals surface area contributed by atoms with Gasteiger partial charge >= 0.3 is 0 Å². The Kier molecular flexibility index (Phi) is 4.00. The van der Waals surface area contributed by atoms with Gasteiger partial charge in [0.1, 0.15) is 5.82 Å². The van der Waals surface area contributed by atoms with Crippen LogP contribution in [-0.2, 0) is 0 Å². The second-order valence-electron chi connectivity index (χ2n) is 5.38. The Bertz CT molecular complexity index is 409. The van der Waals surface area contributed by atoms with E-state index < -0.39 is 5.60 Å². The van der Waals surface area contributed by atoms with Gasteiger partial charge in [-0.1, -0.05) is 12.1 Å². The molecule has 1 heterocycles. The summed E-state index contributed by atoms with van der Waals surface area (Å²) in [5.41, 5.74) is 6.05. The number of benzene rings is 1.